The number of thiazole rings is 1. The molecule has 0 aliphatic heterocycles. The molecule has 12 heteroatoms. The lowest BCUT2D eigenvalue weighted by Gasteiger charge is -2.52. The minimum Gasteiger partial charge on any atom is -0.447 e. The number of ether oxygens (including phenoxy) is 1. The van der Waals surface area contributed by atoms with Gasteiger partial charge < -0.3 is 20.7 Å². The zero-order valence-electron chi connectivity index (χ0n) is 28.3. The van der Waals surface area contributed by atoms with Crippen LogP contribution < -0.4 is 20.7 Å². The molecule has 6 rings (SSSR count). The number of hydrogen-bond acceptors (Lipinski definition) is 7. The van der Waals surface area contributed by atoms with E-state index in [-0.39, 0.29) is 28.0 Å². The zero-order valence-corrected chi connectivity index (χ0v) is 30.0. The molecule has 0 saturated heterocycles. The number of rotatable bonds is 9. The van der Waals surface area contributed by atoms with E-state index < -0.39 is 27.1 Å². The van der Waals surface area contributed by atoms with E-state index in [2.05, 4.69) is 20.7 Å². The topological polar surface area (TPSA) is 139 Å². The maximum Gasteiger partial charge on any atom is 0.407 e. The minimum atomic E-state index is -3.99. The summed E-state index contributed by atoms with van der Waals surface area (Å²) in [6.07, 6.45) is 6.40. The first kappa shape index (κ1) is 34.8. The molecule has 3 fully saturated rings. The molecule has 0 atom stereocenters. The zero-order chi connectivity index (χ0) is 34.3. The fourth-order valence-corrected chi connectivity index (χ4v) is 9.62. The summed E-state index contributed by atoms with van der Waals surface area (Å²) >= 11 is 1.52. The van der Waals surface area contributed by atoms with Gasteiger partial charge in [0.25, 0.3) is 0 Å². The summed E-state index contributed by atoms with van der Waals surface area (Å²) in [6.45, 7) is 12.9. The smallest absolute Gasteiger partial charge is 0.407 e. The van der Waals surface area contributed by atoms with E-state index in [1.54, 1.807) is 39.1 Å². The maximum absolute atomic E-state index is 13.8. The normalized spacial score (nSPS) is 21.4. The third-order valence-electron chi connectivity index (χ3n) is 9.07. The number of carbonyl (C=O) groups excluding carboxylic acids is 2. The predicted octanol–water partition coefficient (Wildman–Crippen LogP) is 7.42. The third-order valence-corrected chi connectivity index (χ3v) is 12.1. The number of fused-ring (bicyclic) bond motifs is 3. The Morgan fingerprint density at radius 1 is 0.936 bits per heavy atom. The number of aromatic nitrogens is 1. The summed E-state index contributed by atoms with van der Waals surface area (Å²) < 4.78 is 35.8. The van der Waals surface area contributed by atoms with Crippen LogP contribution in [-0.4, -0.2) is 42.7 Å². The van der Waals surface area contributed by atoms with E-state index in [9.17, 15) is 18.0 Å². The van der Waals surface area contributed by atoms with Gasteiger partial charge in [0.05, 0.1) is 26.4 Å². The van der Waals surface area contributed by atoms with Crippen molar-refractivity contribution in [2.24, 2.45) is 0 Å². The second-order valence-corrected chi connectivity index (χ2v) is 17.5. The number of urea groups is 1. The molecule has 4 N–H and O–H groups in total. The van der Waals surface area contributed by atoms with E-state index in [1.165, 1.54) is 17.4 Å². The van der Waals surface area contributed by atoms with Crippen LogP contribution in [0, 0.1) is 0 Å². The van der Waals surface area contributed by atoms with Crippen LogP contribution in [0.5, 0.6) is 0 Å². The molecule has 1 aromatic heterocycles. The number of carbonyl (C=O) groups is 2. The summed E-state index contributed by atoms with van der Waals surface area (Å²) in [5.74, 6) is 0. The van der Waals surface area contributed by atoms with Crippen molar-refractivity contribution in [3.05, 3.63) is 65.3 Å². The molecule has 2 bridgehead atoms. The van der Waals surface area contributed by atoms with Crippen LogP contribution in [-0.2, 0) is 25.7 Å². The molecule has 3 amide bonds. The highest BCUT2D eigenvalue weighted by atomic mass is 32.2. The molecule has 0 radical (unpaired) electrons. The first-order valence-electron chi connectivity index (χ1n) is 16.2. The molecule has 3 aliphatic rings. The van der Waals surface area contributed by atoms with Crippen molar-refractivity contribution in [1.82, 2.24) is 20.3 Å². The summed E-state index contributed by atoms with van der Waals surface area (Å²) in [6, 6.07) is 14.1. The van der Waals surface area contributed by atoms with E-state index in [4.69, 9.17) is 9.72 Å². The van der Waals surface area contributed by atoms with Gasteiger partial charge in [-0.2, -0.15) is 0 Å². The number of anilines is 1. The Balaban J connectivity index is 1.39. The number of hydrogen-bond donors (Lipinski definition) is 4. The lowest BCUT2D eigenvalue weighted by Crippen LogP contribution is -2.58. The van der Waals surface area contributed by atoms with Gasteiger partial charge >= 0.3 is 12.1 Å². The second-order valence-electron chi connectivity index (χ2n) is 14.8. The molecule has 2 aromatic carbocycles. The summed E-state index contributed by atoms with van der Waals surface area (Å²) in [5, 5.41) is 9.95. The number of benzene rings is 2. The van der Waals surface area contributed by atoms with Crippen LogP contribution in [0.3, 0.4) is 0 Å². The van der Waals surface area contributed by atoms with Gasteiger partial charge in [0.2, 0.25) is 10.0 Å². The lowest BCUT2D eigenvalue weighted by atomic mass is 9.57. The number of nitrogens with one attached hydrogen (secondary N) is 4. The fraction of sp³-hybridized carbons (Fsp3) is 0.514. The molecule has 10 nitrogen and oxygen atoms in total. The Bertz CT molecular complexity index is 1700. The largest absolute Gasteiger partial charge is 0.447 e. The van der Waals surface area contributed by atoms with E-state index in [0.29, 0.717) is 11.3 Å². The van der Waals surface area contributed by atoms with Crippen molar-refractivity contribution >= 4 is 39.2 Å². The third kappa shape index (κ3) is 7.98. The van der Waals surface area contributed by atoms with Crippen molar-refractivity contribution in [3.63, 3.8) is 0 Å². The number of nitrogens with zero attached hydrogens (tertiary/aromatic N) is 1. The molecule has 254 valence electrons. The second kappa shape index (κ2) is 12.9. The van der Waals surface area contributed by atoms with Crippen molar-refractivity contribution < 1.29 is 22.7 Å². The highest BCUT2D eigenvalue weighted by Gasteiger charge is 2.51. The van der Waals surface area contributed by atoms with Gasteiger partial charge in [0, 0.05) is 33.9 Å². The van der Waals surface area contributed by atoms with Gasteiger partial charge in [-0.25, -0.2) is 27.7 Å². The SMILES string of the molecule is CC(C)OC(=O)NC12CCC(c3ncc(-c4ccc(NC(=O)NC(C)(C)c5ccccc5)cc4S(=O)(=O)NC(C)(C)C)s3)(CC1)CC2. The van der Waals surface area contributed by atoms with Gasteiger partial charge in [-0.1, -0.05) is 36.4 Å². The Hall–Kier alpha value is -3.48. The van der Waals surface area contributed by atoms with Crippen molar-refractivity contribution in [2.45, 2.75) is 120 Å². The fourth-order valence-electron chi connectivity index (χ4n) is 6.66. The maximum atomic E-state index is 13.8. The van der Waals surface area contributed by atoms with Crippen molar-refractivity contribution in [2.75, 3.05) is 5.32 Å². The van der Waals surface area contributed by atoms with Gasteiger partial charge in [-0.05, 0) is 105 Å². The van der Waals surface area contributed by atoms with Gasteiger partial charge in [0.1, 0.15) is 0 Å². The molecule has 1 heterocycles. The summed E-state index contributed by atoms with van der Waals surface area (Å²) in [7, 11) is -3.99. The van der Waals surface area contributed by atoms with Gasteiger partial charge in [-0.15, -0.1) is 11.3 Å². The van der Waals surface area contributed by atoms with Gasteiger partial charge in [0.15, 0.2) is 0 Å². The summed E-state index contributed by atoms with van der Waals surface area (Å²) in [4.78, 5) is 31.2. The van der Waals surface area contributed by atoms with Crippen LogP contribution >= 0.6 is 11.3 Å². The monoisotopic (exact) mass is 681 g/mol. The van der Waals surface area contributed by atoms with Gasteiger partial charge in [-0.3, -0.25) is 0 Å². The molecule has 3 aromatic rings. The van der Waals surface area contributed by atoms with Crippen LogP contribution in [0.1, 0.15) is 97.6 Å². The Morgan fingerprint density at radius 2 is 1.57 bits per heavy atom. The highest BCUT2D eigenvalue weighted by molar-refractivity contribution is 7.89. The van der Waals surface area contributed by atoms with E-state index >= 15 is 0 Å². The molecule has 0 spiro atoms. The quantitative estimate of drug-likeness (QED) is 0.185. The number of alkyl carbamates (subject to hydrolysis) is 1. The standard InChI is InChI=1S/C35H47N5O5S2/c1-23(2)45-31(42)39-35-18-15-34(16-19-35,17-20-35)29-36-22-27(46-29)26-14-13-25(21-28(26)47(43,44)40-32(3,4)5)37-30(41)38-33(6,7)24-11-9-8-10-12-24/h8-14,21-23,40H,15-20H2,1-7H3,(H,39,42)(H2,37,38,41). The Morgan fingerprint density at radius 3 is 2.17 bits per heavy atom. The first-order chi connectivity index (χ1) is 21.9. The molecule has 3 aliphatic carbocycles. The molecule has 3 saturated carbocycles. The molecular formula is C35H47N5O5S2. The van der Waals surface area contributed by atoms with E-state index in [1.807, 2.05) is 58.0 Å². The first-order valence-corrected chi connectivity index (χ1v) is 18.5. The Kier molecular flexibility index (Phi) is 9.53. The summed E-state index contributed by atoms with van der Waals surface area (Å²) in [5.41, 5.74) is 0.0820. The predicted molar refractivity (Wildman–Crippen MR) is 186 cm³/mol. The van der Waals surface area contributed by atoms with E-state index in [0.717, 1.165) is 54.0 Å². The molecular weight excluding hydrogens is 635 g/mol. The molecule has 0 unspecified atom stereocenters. The van der Waals surface area contributed by atoms with Crippen molar-refractivity contribution in [3.8, 4) is 10.4 Å². The average molecular weight is 682 g/mol. The molecule has 47 heavy (non-hydrogen) atoms. The Labute approximate surface area is 282 Å². The minimum absolute atomic E-state index is 0.0689. The van der Waals surface area contributed by atoms with Crippen LogP contribution in [0.25, 0.3) is 10.4 Å². The van der Waals surface area contributed by atoms with Crippen LogP contribution in [0.15, 0.2) is 59.6 Å². The number of sulfonamides is 1. The highest BCUT2D eigenvalue weighted by Crippen LogP contribution is 2.55. The average Bonchev–Trinajstić information content (AvgIpc) is 3.48. The van der Waals surface area contributed by atoms with Crippen molar-refractivity contribution in [1.29, 1.82) is 0 Å². The van der Waals surface area contributed by atoms with Crippen LogP contribution in [0.2, 0.25) is 0 Å². The number of amides is 3. The lowest BCUT2D eigenvalue weighted by molar-refractivity contribution is 0.0560. The van der Waals surface area contributed by atoms with Crippen LogP contribution in [0.4, 0.5) is 15.3 Å².